The predicted molar refractivity (Wildman–Crippen MR) is 85.1 cm³/mol. The lowest BCUT2D eigenvalue weighted by Gasteiger charge is -2.07. The van der Waals surface area contributed by atoms with Gasteiger partial charge in [-0.15, -0.1) is 0 Å². The average Bonchev–Trinajstić information content (AvgIpc) is 2.42. The molecule has 1 aromatic heterocycles. The van der Waals surface area contributed by atoms with Crippen molar-refractivity contribution in [3.8, 4) is 0 Å². The van der Waals surface area contributed by atoms with Gasteiger partial charge in [-0.25, -0.2) is 0 Å². The number of nitrogens with zero attached hydrogens (tertiary/aromatic N) is 1. The molecule has 0 aliphatic carbocycles. The maximum Gasteiger partial charge on any atom is 0.224 e. The summed E-state index contributed by atoms with van der Waals surface area (Å²) in [5, 5.41) is 2.92. The molecule has 0 radical (unpaired) electrons. The van der Waals surface area contributed by atoms with Crippen LogP contribution >= 0.6 is 22.6 Å². The van der Waals surface area contributed by atoms with E-state index in [1.54, 1.807) is 12.4 Å². The molecular weight excluding hydrogens is 351 g/mol. The first-order chi connectivity index (χ1) is 9.15. The van der Waals surface area contributed by atoms with Crippen LogP contribution in [0.2, 0.25) is 0 Å². The van der Waals surface area contributed by atoms with Crippen molar-refractivity contribution in [2.75, 3.05) is 5.32 Å². The minimum atomic E-state index is 0.0310. The number of amides is 1. The van der Waals surface area contributed by atoms with Gasteiger partial charge in [-0.3, -0.25) is 9.78 Å². The number of halogens is 1. The zero-order valence-corrected chi connectivity index (χ0v) is 12.8. The molecule has 2 rings (SSSR count). The van der Waals surface area contributed by atoms with Gasteiger partial charge in [0.1, 0.15) is 0 Å². The largest absolute Gasteiger partial charge is 0.326 e. The molecule has 1 N–H and O–H groups in total. The van der Waals surface area contributed by atoms with Crippen molar-refractivity contribution in [2.45, 2.75) is 19.8 Å². The van der Waals surface area contributed by atoms with Gasteiger partial charge < -0.3 is 5.32 Å². The number of benzene rings is 1. The number of anilines is 1. The molecule has 0 aliphatic heterocycles. The molecule has 0 aliphatic rings. The topological polar surface area (TPSA) is 42.0 Å². The van der Waals surface area contributed by atoms with Gasteiger partial charge in [0.15, 0.2) is 0 Å². The van der Waals surface area contributed by atoms with Crippen LogP contribution in [-0.2, 0) is 11.2 Å². The lowest BCUT2D eigenvalue weighted by molar-refractivity contribution is -0.116. The molecule has 0 atom stereocenters. The Balaban J connectivity index is 1.89. The highest BCUT2D eigenvalue weighted by Gasteiger charge is 2.04. The summed E-state index contributed by atoms with van der Waals surface area (Å²) in [6.07, 6.45) is 4.71. The molecule has 1 heterocycles. The molecule has 4 heteroatoms. The normalized spacial score (nSPS) is 10.2. The molecule has 19 heavy (non-hydrogen) atoms. The van der Waals surface area contributed by atoms with Crippen LogP contribution in [0, 0.1) is 10.5 Å². The highest BCUT2D eigenvalue weighted by molar-refractivity contribution is 14.1. The Bertz CT molecular complexity index is 570. The number of hydrogen-bond acceptors (Lipinski definition) is 2. The van der Waals surface area contributed by atoms with Crippen molar-refractivity contribution in [3.05, 3.63) is 57.4 Å². The second-order valence-corrected chi connectivity index (χ2v) is 5.54. The highest BCUT2D eigenvalue weighted by atomic mass is 127. The molecule has 1 amide bonds. The van der Waals surface area contributed by atoms with Crippen LogP contribution in [0.5, 0.6) is 0 Å². The fraction of sp³-hybridized carbons (Fsp3) is 0.200. The number of nitrogens with one attached hydrogen (secondary N) is 1. The van der Waals surface area contributed by atoms with E-state index in [9.17, 15) is 4.79 Å². The molecular formula is C15H15IN2O. The zero-order valence-electron chi connectivity index (χ0n) is 10.7. The van der Waals surface area contributed by atoms with E-state index in [0.29, 0.717) is 12.8 Å². The number of carbonyl (C=O) groups excluding carboxylic acids is 1. The number of rotatable bonds is 4. The second kappa shape index (κ2) is 6.65. The number of pyridine rings is 1. The molecule has 0 unspecified atom stereocenters. The Morgan fingerprint density at radius 1 is 1.37 bits per heavy atom. The van der Waals surface area contributed by atoms with Crippen molar-refractivity contribution in [1.29, 1.82) is 0 Å². The average molecular weight is 366 g/mol. The van der Waals surface area contributed by atoms with Crippen LogP contribution in [0.25, 0.3) is 0 Å². The predicted octanol–water partition coefficient (Wildman–Crippen LogP) is 3.57. The quantitative estimate of drug-likeness (QED) is 0.841. The molecule has 98 valence electrons. The lowest BCUT2D eigenvalue weighted by Crippen LogP contribution is -2.12. The van der Waals surface area contributed by atoms with Crippen molar-refractivity contribution < 1.29 is 4.79 Å². The summed E-state index contributed by atoms with van der Waals surface area (Å²) < 4.78 is 1.16. The molecule has 1 aromatic carbocycles. The van der Waals surface area contributed by atoms with Gasteiger partial charge in [0.2, 0.25) is 5.91 Å². The van der Waals surface area contributed by atoms with Gasteiger partial charge >= 0.3 is 0 Å². The fourth-order valence-corrected chi connectivity index (χ4v) is 2.21. The second-order valence-electron chi connectivity index (χ2n) is 4.37. The van der Waals surface area contributed by atoms with E-state index in [1.807, 2.05) is 30.3 Å². The van der Waals surface area contributed by atoms with Gasteiger partial charge in [0.05, 0.1) is 0 Å². The van der Waals surface area contributed by atoms with Gasteiger partial charge in [-0.1, -0.05) is 12.1 Å². The molecule has 0 saturated heterocycles. The third-order valence-electron chi connectivity index (χ3n) is 2.82. The first-order valence-corrected chi connectivity index (χ1v) is 7.18. The van der Waals surface area contributed by atoms with Crippen LogP contribution in [0.4, 0.5) is 5.69 Å². The van der Waals surface area contributed by atoms with E-state index in [1.165, 1.54) is 5.56 Å². The SMILES string of the molecule is Cc1ccc(NC(=O)CCc2cccnc2)cc1I. The third-order valence-corrected chi connectivity index (χ3v) is 3.98. The Kier molecular flexibility index (Phi) is 4.90. The summed E-state index contributed by atoms with van der Waals surface area (Å²) in [5.74, 6) is 0.0310. The monoisotopic (exact) mass is 366 g/mol. The third kappa shape index (κ3) is 4.31. The summed E-state index contributed by atoms with van der Waals surface area (Å²) in [6, 6.07) is 9.79. The van der Waals surface area contributed by atoms with Crippen LogP contribution < -0.4 is 5.32 Å². The van der Waals surface area contributed by atoms with Crippen molar-refractivity contribution in [3.63, 3.8) is 0 Å². The Morgan fingerprint density at radius 3 is 2.89 bits per heavy atom. The van der Waals surface area contributed by atoms with Crippen molar-refractivity contribution in [2.24, 2.45) is 0 Å². The van der Waals surface area contributed by atoms with Crippen LogP contribution in [0.1, 0.15) is 17.5 Å². The summed E-state index contributed by atoms with van der Waals surface area (Å²) >= 11 is 2.27. The molecule has 0 saturated carbocycles. The number of hydrogen-bond donors (Lipinski definition) is 1. The summed E-state index contributed by atoms with van der Waals surface area (Å²) in [7, 11) is 0. The van der Waals surface area contributed by atoms with Crippen molar-refractivity contribution >= 4 is 34.2 Å². The number of aromatic nitrogens is 1. The van der Waals surface area contributed by atoms with Gasteiger partial charge in [-0.2, -0.15) is 0 Å². The Morgan fingerprint density at radius 2 is 2.21 bits per heavy atom. The minimum absolute atomic E-state index is 0.0310. The van der Waals surface area contributed by atoms with E-state index in [0.717, 1.165) is 14.8 Å². The molecule has 0 spiro atoms. The van der Waals surface area contributed by atoms with E-state index in [-0.39, 0.29) is 5.91 Å². The van der Waals surface area contributed by atoms with Crippen LogP contribution in [0.15, 0.2) is 42.7 Å². The smallest absolute Gasteiger partial charge is 0.224 e. The van der Waals surface area contributed by atoms with Gasteiger partial charge in [-0.05, 0) is 65.3 Å². The first-order valence-electron chi connectivity index (χ1n) is 6.10. The van der Waals surface area contributed by atoms with E-state index < -0.39 is 0 Å². The molecule has 0 fully saturated rings. The van der Waals surface area contributed by atoms with E-state index in [2.05, 4.69) is 39.8 Å². The zero-order chi connectivity index (χ0) is 13.7. The number of aryl methyl sites for hydroxylation is 2. The Labute approximate surface area is 126 Å². The lowest BCUT2D eigenvalue weighted by atomic mass is 10.1. The van der Waals surface area contributed by atoms with Gasteiger partial charge in [0.25, 0.3) is 0 Å². The standard InChI is InChI=1S/C15H15IN2O/c1-11-4-6-13(9-14(11)16)18-15(19)7-5-12-3-2-8-17-10-12/h2-4,6,8-10H,5,7H2,1H3,(H,18,19). The molecule has 2 aromatic rings. The van der Waals surface area contributed by atoms with E-state index >= 15 is 0 Å². The minimum Gasteiger partial charge on any atom is -0.326 e. The first kappa shape index (κ1) is 14.0. The summed E-state index contributed by atoms with van der Waals surface area (Å²) in [5.41, 5.74) is 3.15. The fourth-order valence-electron chi connectivity index (χ4n) is 1.70. The number of carbonyl (C=O) groups is 1. The van der Waals surface area contributed by atoms with Gasteiger partial charge in [0, 0.05) is 28.1 Å². The maximum atomic E-state index is 11.8. The van der Waals surface area contributed by atoms with E-state index in [4.69, 9.17) is 0 Å². The Hall–Kier alpha value is -1.43. The summed E-state index contributed by atoms with van der Waals surface area (Å²) in [6.45, 7) is 2.05. The van der Waals surface area contributed by atoms with Crippen molar-refractivity contribution in [1.82, 2.24) is 4.98 Å². The summed E-state index contributed by atoms with van der Waals surface area (Å²) in [4.78, 5) is 15.9. The molecule has 3 nitrogen and oxygen atoms in total. The highest BCUT2D eigenvalue weighted by Crippen LogP contribution is 2.17. The van der Waals surface area contributed by atoms with Crippen LogP contribution in [0.3, 0.4) is 0 Å². The van der Waals surface area contributed by atoms with Crippen LogP contribution in [-0.4, -0.2) is 10.9 Å². The maximum absolute atomic E-state index is 11.8. The molecule has 0 bridgehead atoms.